The first-order valence-corrected chi connectivity index (χ1v) is 4.76. The molecule has 0 N–H and O–H groups in total. The molecule has 0 radical (unpaired) electrons. The second kappa shape index (κ2) is 5.43. The van der Waals surface area contributed by atoms with E-state index in [1.165, 1.54) is 6.92 Å². The zero-order chi connectivity index (χ0) is 13.9. The van der Waals surface area contributed by atoms with E-state index in [4.69, 9.17) is 0 Å². The van der Waals surface area contributed by atoms with E-state index < -0.39 is 37.3 Å². The minimum atomic E-state index is -4.73. The summed E-state index contributed by atoms with van der Waals surface area (Å²) in [5, 5.41) is 0. The van der Waals surface area contributed by atoms with E-state index in [2.05, 4.69) is 9.47 Å². The molecule has 8 heteroatoms. The van der Waals surface area contributed by atoms with Gasteiger partial charge in [-0.15, -0.1) is 8.78 Å². The molecule has 0 fully saturated rings. The van der Waals surface area contributed by atoms with Crippen molar-refractivity contribution in [3.8, 4) is 0 Å². The quantitative estimate of drug-likeness (QED) is 0.519. The average Bonchev–Trinajstić information content (AvgIpc) is 2.10. The highest BCUT2D eigenvalue weighted by Gasteiger charge is 2.56. The molecule has 0 spiro atoms. The van der Waals surface area contributed by atoms with E-state index in [0.717, 1.165) is 0 Å². The highest BCUT2D eigenvalue weighted by molar-refractivity contribution is 4.77. The van der Waals surface area contributed by atoms with Gasteiger partial charge in [0, 0.05) is 5.92 Å². The van der Waals surface area contributed by atoms with Crippen LogP contribution in [0.3, 0.4) is 0 Å². The Balaban J connectivity index is 4.44. The number of hydrogen-bond acceptors (Lipinski definition) is 2. The Morgan fingerprint density at radius 2 is 1.53 bits per heavy atom. The number of hydrogen-bond donors (Lipinski definition) is 0. The number of halogens is 6. The smallest absolute Gasteiger partial charge is 0.295 e. The zero-order valence-corrected chi connectivity index (χ0v) is 9.58. The van der Waals surface area contributed by atoms with Crippen LogP contribution >= 0.6 is 0 Å². The van der Waals surface area contributed by atoms with Gasteiger partial charge in [0.15, 0.2) is 5.67 Å². The van der Waals surface area contributed by atoms with E-state index in [0.29, 0.717) is 13.8 Å². The molecule has 0 bridgehead atoms. The maximum atomic E-state index is 12.8. The third-order valence-electron chi connectivity index (χ3n) is 1.74. The van der Waals surface area contributed by atoms with Gasteiger partial charge in [0.05, 0.1) is 13.3 Å². The molecule has 2 nitrogen and oxygen atoms in total. The third-order valence-corrected chi connectivity index (χ3v) is 1.74. The summed E-state index contributed by atoms with van der Waals surface area (Å²) in [5.74, 6) is -0.906. The Bertz CT molecular complexity index is 238. The maximum absolute atomic E-state index is 12.8. The molecule has 0 heterocycles. The Morgan fingerprint density at radius 1 is 1.06 bits per heavy atom. The minimum Gasteiger partial charge on any atom is -0.295 e. The van der Waals surface area contributed by atoms with Crippen LogP contribution in [0.5, 0.6) is 0 Å². The van der Waals surface area contributed by atoms with Crippen LogP contribution in [-0.2, 0) is 9.47 Å². The largest absolute Gasteiger partial charge is 0.490 e. The lowest BCUT2D eigenvalue weighted by Gasteiger charge is -2.29. The van der Waals surface area contributed by atoms with Gasteiger partial charge in [-0.3, -0.25) is 9.13 Å². The number of rotatable bonds is 7. The standard InChI is InChI=1S/C9H14F6O2/c1-6(4-10)5-16-9(14,15)17-8(12,13)7(2,3)11/h6H,4-5H2,1-3H3. The van der Waals surface area contributed by atoms with Crippen LogP contribution in [0.4, 0.5) is 26.3 Å². The predicted molar refractivity (Wildman–Crippen MR) is 47.3 cm³/mol. The van der Waals surface area contributed by atoms with Gasteiger partial charge in [-0.25, -0.2) is 9.13 Å². The van der Waals surface area contributed by atoms with Crippen molar-refractivity contribution >= 4 is 0 Å². The number of ether oxygens (including phenoxy) is 2. The second-order valence-electron chi connectivity index (χ2n) is 4.13. The van der Waals surface area contributed by atoms with E-state index in [1.54, 1.807) is 0 Å². The van der Waals surface area contributed by atoms with Crippen molar-refractivity contribution in [3.63, 3.8) is 0 Å². The van der Waals surface area contributed by atoms with Crippen LogP contribution in [0.1, 0.15) is 20.8 Å². The van der Waals surface area contributed by atoms with Crippen LogP contribution in [0.25, 0.3) is 0 Å². The molecule has 17 heavy (non-hydrogen) atoms. The average molecular weight is 268 g/mol. The van der Waals surface area contributed by atoms with Crippen molar-refractivity contribution in [1.29, 1.82) is 0 Å². The topological polar surface area (TPSA) is 18.5 Å². The molecule has 1 atom stereocenters. The minimum absolute atomic E-state index is 0.382. The van der Waals surface area contributed by atoms with Gasteiger partial charge < -0.3 is 0 Å². The predicted octanol–water partition coefficient (Wildman–Crippen LogP) is 3.52. The van der Waals surface area contributed by atoms with E-state index in [1.807, 2.05) is 0 Å². The fourth-order valence-corrected chi connectivity index (χ4v) is 0.584. The summed E-state index contributed by atoms with van der Waals surface area (Å²) in [6.45, 7) is 0.210. The van der Waals surface area contributed by atoms with Crippen molar-refractivity contribution in [2.24, 2.45) is 5.92 Å². The van der Waals surface area contributed by atoms with Crippen LogP contribution in [0, 0.1) is 5.92 Å². The molecule has 0 aromatic carbocycles. The summed E-state index contributed by atoms with van der Waals surface area (Å²) in [7, 11) is 0. The van der Waals surface area contributed by atoms with Crippen molar-refractivity contribution in [1.82, 2.24) is 0 Å². The molecule has 0 saturated heterocycles. The van der Waals surface area contributed by atoms with Crippen molar-refractivity contribution < 1.29 is 35.8 Å². The lowest BCUT2D eigenvalue weighted by Crippen LogP contribution is -2.47. The fourth-order valence-electron chi connectivity index (χ4n) is 0.584. The fraction of sp³-hybridized carbons (Fsp3) is 1.00. The monoisotopic (exact) mass is 268 g/mol. The first kappa shape index (κ1) is 16.5. The van der Waals surface area contributed by atoms with Crippen LogP contribution < -0.4 is 0 Å². The molecule has 0 aliphatic rings. The van der Waals surface area contributed by atoms with Crippen molar-refractivity contribution in [2.75, 3.05) is 13.3 Å². The molecule has 0 aliphatic heterocycles. The molecular weight excluding hydrogens is 254 g/mol. The second-order valence-corrected chi connectivity index (χ2v) is 4.13. The van der Waals surface area contributed by atoms with Gasteiger partial charge in [0.1, 0.15) is 0 Å². The van der Waals surface area contributed by atoms with Crippen LogP contribution in [0.15, 0.2) is 0 Å². The van der Waals surface area contributed by atoms with Gasteiger partial charge in [-0.05, 0) is 13.8 Å². The zero-order valence-electron chi connectivity index (χ0n) is 9.58. The van der Waals surface area contributed by atoms with Gasteiger partial charge in [-0.2, -0.15) is 8.78 Å². The Labute approximate surface area is 94.9 Å². The van der Waals surface area contributed by atoms with Crippen LogP contribution in [0.2, 0.25) is 0 Å². The summed E-state index contributed by atoms with van der Waals surface area (Å²) < 4.78 is 82.5. The summed E-state index contributed by atoms with van der Waals surface area (Å²) >= 11 is 0. The van der Waals surface area contributed by atoms with E-state index in [9.17, 15) is 26.3 Å². The van der Waals surface area contributed by atoms with E-state index in [-0.39, 0.29) is 0 Å². The van der Waals surface area contributed by atoms with Gasteiger partial charge in [0.25, 0.3) is 0 Å². The van der Waals surface area contributed by atoms with Gasteiger partial charge in [0.2, 0.25) is 0 Å². The molecule has 0 amide bonds. The first-order chi connectivity index (χ1) is 7.41. The molecular formula is C9H14F6O2. The normalized spacial score (nSPS) is 16.1. The van der Waals surface area contributed by atoms with Gasteiger partial charge in [-0.1, -0.05) is 6.92 Å². The molecule has 0 aromatic heterocycles. The lowest BCUT2D eigenvalue weighted by atomic mass is 10.1. The van der Waals surface area contributed by atoms with Gasteiger partial charge >= 0.3 is 12.4 Å². The first-order valence-electron chi connectivity index (χ1n) is 4.76. The molecule has 0 aliphatic carbocycles. The summed E-state index contributed by atoms with van der Waals surface area (Å²) in [5.41, 5.74) is -3.30. The number of alkyl halides is 6. The van der Waals surface area contributed by atoms with Crippen molar-refractivity contribution in [2.45, 2.75) is 38.8 Å². The summed E-state index contributed by atoms with van der Waals surface area (Å²) in [6.07, 6.45) is -9.41. The molecule has 0 saturated carbocycles. The van der Waals surface area contributed by atoms with E-state index >= 15 is 0 Å². The van der Waals surface area contributed by atoms with Crippen molar-refractivity contribution in [3.05, 3.63) is 0 Å². The Kier molecular flexibility index (Phi) is 5.27. The molecule has 0 aromatic rings. The maximum Gasteiger partial charge on any atom is 0.490 e. The highest BCUT2D eigenvalue weighted by Crippen LogP contribution is 2.38. The SMILES string of the molecule is CC(CF)COC(F)(F)OC(F)(F)C(C)(C)F. The summed E-state index contributed by atoms with van der Waals surface area (Å²) in [6, 6.07) is 0. The lowest BCUT2D eigenvalue weighted by molar-refractivity contribution is -0.485. The molecule has 0 rings (SSSR count). The molecule has 1 unspecified atom stereocenters. The highest BCUT2D eigenvalue weighted by atomic mass is 19.3. The van der Waals surface area contributed by atoms with Crippen LogP contribution in [-0.4, -0.2) is 31.4 Å². The third kappa shape index (κ3) is 5.58. The molecule has 104 valence electrons. The summed E-state index contributed by atoms with van der Waals surface area (Å²) in [4.78, 5) is 0. The Morgan fingerprint density at radius 3 is 1.88 bits per heavy atom. The Hall–Kier alpha value is -0.500.